The maximum Gasteiger partial charge on any atom is 0.227 e. The first-order chi connectivity index (χ1) is 13.2. The zero-order chi connectivity index (χ0) is 18.6. The summed E-state index contributed by atoms with van der Waals surface area (Å²) in [6.07, 6.45) is 3.89. The molecular weight excluding hydrogens is 360 g/mol. The third-order valence-electron chi connectivity index (χ3n) is 4.65. The molecule has 2 heterocycles. The molecule has 0 unspecified atom stereocenters. The smallest absolute Gasteiger partial charge is 0.227 e. The van der Waals surface area contributed by atoms with E-state index in [2.05, 4.69) is 11.1 Å². The van der Waals surface area contributed by atoms with Gasteiger partial charge in [0.05, 0.1) is 13.0 Å². The molecule has 1 aliphatic heterocycles. The molecule has 3 aromatic rings. The highest BCUT2D eigenvalue weighted by atomic mass is 35.5. The minimum atomic E-state index is 0.0723. The fourth-order valence-electron chi connectivity index (χ4n) is 3.26. The number of carbonyl (C=O) groups excluding carboxylic acids is 1. The first kappa shape index (κ1) is 17.6. The quantitative estimate of drug-likeness (QED) is 0.679. The molecule has 2 aromatic carbocycles. The van der Waals surface area contributed by atoms with Crippen molar-refractivity contribution in [3.63, 3.8) is 0 Å². The maximum atomic E-state index is 12.8. The minimum absolute atomic E-state index is 0.0723. The van der Waals surface area contributed by atoms with Gasteiger partial charge in [0.1, 0.15) is 12.4 Å². The lowest BCUT2D eigenvalue weighted by molar-refractivity contribution is -0.131. The van der Waals surface area contributed by atoms with Crippen molar-refractivity contribution in [2.45, 2.75) is 13.0 Å². The Labute approximate surface area is 163 Å². The predicted molar refractivity (Wildman–Crippen MR) is 106 cm³/mol. The molecule has 1 aromatic heterocycles. The van der Waals surface area contributed by atoms with E-state index in [0.29, 0.717) is 31.1 Å². The number of halogens is 1. The molecule has 0 saturated heterocycles. The Morgan fingerprint density at radius 1 is 1.07 bits per heavy atom. The summed E-state index contributed by atoms with van der Waals surface area (Å²) in [4.78, 5) is 18.7. The van der Waals surface area contributed by atoms with E-state index >= 15 is 0 Å². The Bertz CT molecular complexity index is 960. The van der Waals surface area contributed by atoms with Crippen molar-refractivity contribution in [3.05, 3.63) is 83.1 Å². The molecule has 1 amide bonds. The maximum absolute atomic E-state index is 12.8. The Balaban J connectivity index is 1.55. The summed E-state index contributed by atoms with van der Waals surface area (Å²) in [6.45, 7) is 1.59. The second kappa shape index (κ2) is 7.80. The Kier molecular flexibility index (Phi) is 5.07. The first-order valence-electron chi connectivity index (χ1n) is 8.87. The SMILES string of the molecule is O=C(Cc1cccc(Cl)c1)N1CCOc2ccc(-c3ccncc3)cc2C1. The summed E-state index contributed by atoms with van der Waals surface area (Å²) < 4.78 is 5.86. The zero-order valence-corrected chi connectivity index (χ0v) is 15.5. The molecule has 0 radical (unpaired) electrons. The van der Waals surface area contributed by atoms with Gasteiger partial charge in [0.15, 0.2) is 0 Å². The van der Waals surface area contributed by atoms with E-state index in [1.165, 1.54) is 0 Å². The Morgan fingerprint density at radius 3 is 2.74 bits per heavy atom. The van der Waals surface area contributed by atoms with E-state index in [1.807, 2.05) is 53.4 Å². The second-order valence-corrected chi connectivity index (χ2v) is 6.97. The van der Waals surface area contributed by atoms with Crippen molar-refractivity contribution < 1.29 is 9.53 Å². The normalized spacial score (nSPS) is 13.4. The van der Waals surface area contributed by atoms with Crippen molar-refractivity contribution in [1.29, 1.82) is 0 Å². The number of hydrogen-bond donors (Lipinski definition) is 0. The number of pyridine rings is 1. The summed E-state index contributed by atoms with van der Waals surface area (Å²) in [5.41, 5.74) is 4.11. The highest BCUT2D eigenvalue weighted by Gasteiger charge is 2.20. The van der Waals surface area contributed by atoms with E-state index in [0.717, 1.165) is 28.0 Å². The lowest BCUT2D eigenvalue weighted by Crippen LogP contribution is -2.33. The third-order valence-corrected chi connectivity index (χ3v) is 4.89. The fourth-order valence-corrected chi connectivity index (χ4v) is 3.48. The largest absolute Gasteiger partial charge is 0.491 e. The van der Waals surface area contributed by atoms with Crippen molar-refractivity contribution in [3.8, 4) is 16.9 Å². The minimum Gasteiger partial charge on any atom is -0.491 e. The number of nitrogens with zero attached hydrogens (tertiary/aromatic N) is 2. The van der Waals surface area contributed by atoms with Gasteiger partial charge in [0, 0.05) is 29.5 Å². The Hall–Kier alpha value is -2.85. The number of amides is 1. The van der Waals surface area contributed by atoms with Crippen LogP contribution in [0.3, 0.4) is 0 Å². The van der Waals surface area contributed by atoms with Gasteiger partial charge in [-0.3, -0.25) is 9.78 Å². The molecule has 4 rings (SSSR count). The van der Waals surface area contributed by atoms with Crippen LogP contribution in [0.5, 0.6) is 5.75 Å². The number of carbonyl (C=O) groups is 1. The van der Waals surface area contributed by atoms with Gasteiger partial charge in [-0.1, -0.05) is 29.8 Å². The zero-order valence-electron chi connectivity index (χ0n) is 14.8. The van der Waals surface area contributed by atoms with Crippen LogP contribution in [0.1, 0.15) is 11.1 Å². The van der Waals surface area contributed by atoms with Crippen LogP contribution in [0.25, 0.3) is 11.1 Å². The average molecular weight is 379 g/mol. The molecule has 0 bridgehead atoms. The third kappa shape index (κ3) is 4.12. The van der Waals surface area contributed by atoms with Crippen molar-refractivity contribution in [2.75, 3.05) is 13.2 Å². The molecule has 0 N–H and O–H groups in total. The monoisotopic (exact) mass is 378 g/mol. The number of ether oxygens (including phenoxy) is 1. The van der Waals surface area contributed by atoms with Crippen molar-refractivity contribution >= 4 is 17.5 Å². The van der Waals surface area contributed by atoms with Gasteiger partial charge in [-0.2, -0.15) is 0 Å². The standard InChI is InChI=1S/C22H19ClN2O2/c23-20-3-1-2-16(12-20)13-22(26)25-10-11-27-21-5-4-18(14-19(21)15-25)17-6-8-24-9-7-17/h1-9,12,14H,10-11,13,15H2. The van der Waals surface area contributed by atoms with Gasteiger partial charge in [-0.05, 0) is 53.1 Å². The summed E-state index contributed by atoms with van der Waals surface area (Å²) in [6, 6.07) is 17.5. The molecule has 0 saturated carbocycles. The summed E-state index contributed by atoms with van der Waals surface area (Å²) >= 11 is 6.03. The highest BCUT2D eigenvalue weighted by Crippen LogP contribution is 2.29. The van der Waals surface area contributed by atoms with Gasteiger partial charge < -0.3 is 9.64 Å². The fraction of sp³-hybridized carbons (Fsp3) is 0.182. The predicted octanol–water partition coefficient (Wildman–Crippen LogP) is 4.37. The average Bonchev–Trinajstić information content (AvgIpc) is 2.90. The van der Waals surface area contributed by atoms with E-state index < -0.39 is 0 Å². The molecule has 27 heavy (non-hydrogen) atoms. The van der Waals surface area contributed by atoms with Crippen LogP contribution in [0.4, 0.5) is 0 Å². The van der Waals surface area contributed by atoms with Crippen LogP contribution in [0, 0.1) is 0 Å². The lowest BCUT2D eigenvalue weighted by Gasteiger charge is -2.20. The van der Waals surface area contributed by atoms with Crippen molar-refractivity contribution in [2.24, 2.45) is 0 Å². The van der Waals surface area contributed by atoms with Crippen LogP contribution in [0.2, 0.25) is 5.02 Å². The van der Waals surface area contributed by atoms with Crippen molar-refractivity contribution in [1.82, 2.24) is 9.88 Å². The van der Waals surface area contributed by atoms with Crippen LogP contribution in [-0.2, 0) is 17.8 Å². The topological polar surface area (TPSA) is 42.4 Å². The highest BCUT2D eigenvalue weighted by molar-refractivity contribution is 6.30. The Morgan fingerprint density at radius 2 is 1.93 bits per heavy atom. The second-order valence-electron chi connectivity index (χ2n) is 6.53. The summed E-state index contributed by atoms with van der Waals surface area (Å²) in [5, 5.41) is 0.645. The van der Waals surface area contributed by atoms with Gasteiger partial charge in [-0.25, -0.2) is 0 Å². The molecule has 0 fully saturated rings. The molecule has 4 nitrogen and oxygen atoms in total. The van der Waals surface area contributed by atoms with Gasteiger partial charge in [-0.15, -0.1) is 0 Å². The van der Waals surface area contributed by atoms with Crippen LogP contribution in [-0.4, -0.2) is 28.9 Å². The van der Waals surface area contributed by atoms with Crippen LogP contribution < -0.4 is 4.74 Å². The van der Waals surface area contributed by atoms with E-state index in [4.69, 9.17) is 16.3 Å². The molecule has 5 heteroatoms. The number of rotatable bonds is 3. The number of hydrogen-bond acceptors (Lipinski definition) is 3. The number of benzene rings is 2. The number of fused-ring (bicyclic) bond motifs is 1. The lowest BCUT2D eigenvalue weighted by atomic mass is 10.0. The van der Waals surface area contributed by atoms with Crippen LogP contribution in [0.15, 0.2) is 67.0 Å². The molecule has 136 valence electrons. The molecule has 0 aliphatic carbocycles. The van der Waals surface area contributed by atoms with E-state index in [-0.39, 0.29) is 5.91 Å². The number of aromatic nitrogens is 1. The summed E-state index contributed by atoms with van der Waals surface area (Å²) in [5.74, 6) is 0.911. The van der Waals surface area contributed by atoms with Gasteiger partial charge in [0.25, 0.3) is 0 Å². The first-order valence-corrected chi connectivity index (χ1v) is 9.25. The van der Waals surface area contributed by atoms with Gasteiger partial charge >= 0.3 is 0 Å². The molecular formula is C22H19ClN2O2. The molecule has 1 aliphatic rings. The molecule has 0 atom stereocenters. The van der Waals surface area contributed by atoms with E-state index in [1.54, 1.807) is 12.4 Å². The van der Waals surface area contributed by atoms with Gasteiger partial charge in [0.2, 0.25) is 5.91 Å². The van der Waals surface area contributed by atoms with Crippen LogP contribution >= 0.6 is 11.6 Å². The summed E-state index contributed by atoms with van der Waals surface area (Å²) in [7, 11) is 0. The van der Waals surface area contributed by atoms with E-state index in [9.17, 15) is 4.79 Å². The molecule has 0 spiro atoms.